The SMILES string of the molecule is CC(C)C(=O)Nc1cncc(-c2ccc3[nH]nc(-c4cc5c(-c6cc(F)cc(NCCN(C)C)c6)nccc5[nH]4)c3n2)c1. The van der Waals surface area contributed by atoms with Gasteiger partial charge in [-0.3, -0.25) is 19.9 Å². The topological polar surface area (TPSA) is 128 Å². The van der Waals surface area contributed by atoms with Crippen LogP contribution < -0.4 is 10.6 Å². The number of carbonyl (C=O) groups excluding carboxylic acids is 1. The predicted molar refractivity (Wildman–Crippen MR) is 168 cm³/mol. The summed E-state index contributed by atoms with van der Waals surface area (Å²) in [6.45, 7) is 5.19. The van der Waals surface area contributed by atoms with Gasteiger partial charge in [-0.15, -0.1) is 0 Å². The van der Waals surface area contributed by atoms with Crippen LogP contribution in [-0.4, -0.2) is 68.1 Å². The fraction of sp³-hybridized carbons (Fsp3) is 0.219. The number of benzene rings is 1. The van der Waals surface area contributed by atoms with E-state index in [9.17, 15) is 9.18 Å². The first-order valence-electron chi connectivity index (χ1n) is 14.0. The zero-order chi connectivity index (χ0) is 30.1. The van der Waals surface area contributed by atoms with E-state index in [0.29, 0.717) is 46.1 Å². The average Bonchev–Trinajstić information content (AvgIpc) is 3.60. The predicted octanol–water partition coefficient (Wildman–Crippen LogP) is 5.94. The smallest absolute Gasteiger partial charge is 0.226 e. The van der Waals surface area contributed by atoms with E-state index in [4.69, 9.17) is 4.98 Å². The number of pyridine rings is 3. The quantitative estimate of drug-likeness (QED) is 0.168. The number of amides is 1. The second-order valence-corrected chi connectivity index (χ2v) is 11.0. The van der Waals surface area contributed by atoms with E-state index in [-0.39, 0.29) is 17.6 Å². The van der Waals surface area contributed by atoms with Crippen LogP contribution in [0.2, 0.25) is 0 Å². The summed E-state index contributed by atoms with van der Waals surface area (Å²) in [4.78, 5) is 31.5. The molecule has 4 N–H and O–H groups in total. The maximum atomic E-state index is 14.7. The van der Waals surface area contributed by atoms with Gasteiger partial charge in [-0.25, -0.2) is 9.37 Å². The van der Waals surface area contributed by atoms with Gasteiger partial charge in [-0.1, -0.05) is 13.8 Å². The Hall–Kier alpha value is -5.16. The van der Waals surface area contributed by atoms with Crippen molar-refractivity contribution in [2.75, 3.05) is 37.8 Å². The second-order valence-electron chi connectivity index (χ2n) is 11.0. The number of halogens is 1. The van der Waals surface area contributed by atoms with Crippen molar-refractivity contribution < 1.29 is 9.18 Å². The van der Waals surface area contributed by atoms with Crippen LogP contribution in [-0.2, 0) is 4.79 Å². The second kappa shape index (κ2) is 11.6. The Balaban J connectivity index is 1.36. The monoisotopic (exact) mass is 577 g/mol. The fourth-order valence-electron chi connectivity index (χ4n) is 4.85. The number of nitrogens with one attached hydrogen (secondary N) is 4. The van der Waals surface area contributed by atoms with Crippen molar-refractivity contribution in [3.05, 3.63) is 72.9 Å². The molecule has 0 unspecified atom stereocenters. The number of fused-ring (bicyclic) bond motifs is 2. The van der Waals surface area contributed by atoms with Crippen LogP contribution in [0.4, 0.5) is 15.8 Å². The molecule has 1 amide bonds. The van der Waals surface area contributed by atoms with Crippen LogP contribution in [0.3, 0.4) is 0 Å². The van der Waals surface area contributed by atoms with Crippen molar-refractivity contribution in [3.63, 3.8) is 0 Å². The first kappa shape index (κ1) is 28.0. The molecule has 5 aromatic heterocycles. The molecule has 10 nitrogen and oxygen atoms in total. The van der Waals surface area contributed by atoms with Gasteiger partial charge in [0.1, 0.15) is 17.0 Å². The van der Waals surface area contributed by atoms with E-state index in [1.54, 1.807) is 18.6 Å². The largest absolute Gasteiger partial charge is 0.384 e. The summed E-state index contributed by atoms with van der Waals surface area (Å²) in [5.74, 6) is -0.565. The van der Waals surface area contributed by atoms with Gasteiger partial charge in [-0.05, 0) is 62.6 Å². The van der Waals surface area contributed by atoms with Gasteiger partial charge in [0.05, 0.1) is 34.5 Å². The van der Waals surface area contributed by atoms with Crippen LogP contribution in [0, 0.1) is 11.7 Å². The minimum absolute atomic E-state index is 0.0813. The molecule has 11 heteroatoms. The minimum atomic E-state index is -0.336. The van der Waals surface area contributed by atoms with Crippen LogP contribution in [0.25, 0.3) is 55.8 Å². The maximum absolute atomic E-state index is 14.7. The number of nitrogens with zero attached hydrogens (tertiary/aromatic N) is 5. The highest BCUT2D eigenvalue weighted by Gasteiger charge is 2.17. The number of hydrogen-bond donors (Lipinski definition) is 4. The number of carbonyl (C=O) groups is 1. The Morgan fingerprint density at radius 3 is 2.63 bits per heavy atom. The fourth-order valence-corrected chi connectivity index (χ4v) is 4.85. The zero-order valence-corrected chi connectivity index (χ0v) is 24.4. The molecule has 43 heavy (non-hydrogen) atoms. The Bertz CT molecular complexity index is 1940. The van der Waals surface area contributed by atoms with Gasteiger partial charge in [0, 0.05) is 59.1 Å². The first-order chi connectivity index (χ1) is 20.7. The number of rotatable bonds is 9. The van der Waals surface area contributed by atoms with Crippen molar-refractivity contribution >= 4 is 39.2 Å². The van der Waals surface area contributed by atoms with Gasteiger partial charge in [0.15, 0.2) is 0 Å². The summed E-state index contributed by atoms with van der Waals surface area (Å²) in [6.07, 6.45) is 5.03. The highest BCUT2D eigenvalue weighted by Crippen LogP contribution is 2.34. The molecular weight excluding hydrogens is 545 g/mol. The molecule has 218 valence electrons. The van der Waals surface area contributed by atoms with Crippen LogP contribution in [0.1, 0.15) is 13.8 Å². The van der Waals surface area contributed by atoms with Crippen molar-refractivity contribution in [1.29, 1.82) is 0 Å². The van der Waals surface area contributed by atoms with Crippen LogP contribution in [0.15, 0.2) is 67.1 Å². The number of hydrogen-bond acceptors (Lipinski definition) is 7. The molecule has 6 rings (SSSR count). The molecule has 5 heterocycles. The van der Waals surface area contributed by atoms with E-state index < -0.39 is 0 Å². The number of likely N-dealkylation sites (N-methyl/N-ethyl adjacent to an activating group) is 1. The molecule has 1 aromatic carbocycles. The lowest BCUT2D eigenvalue weighted by Crippen LogP contribution is -2.20. The Labute approximate surface area is 247 Å². The van der Waals surface area contributed by atoms with E-state index in [1.165, 1.54) is 12.1 Å². The number of anilines is 2. The minimum Gasteiger partial charge on any atom is -0.384 e. The molecule has 0 bridgehead atoms. The lowest BCUT2D eigenvalue weighted by molar-refractivity contribution is -0.118. The van der Waals surface area contributed by atoms with Crippen molar-refractivity contribution in [2.45, 2.75) is 13.8 Å². The van der Waals surface area contributed by atoms with Gasteiger partial charge < -0.3 is 20.5 Å². The molecule has 6 aromatic rings. The summed E-state index contributed by atoms with van der Waals surface area (Å²) < 4.78 is 14.7. The lowest BCUT2D eigenvalue weighted by atomic mass is 10.1. The number of aromatic nitrogens is 6. The van der Waals surface area contributed by atoms with Gasteiger partial charge in [0.2, 0.25) is 5.91 Å². The van der Waals surface area contributed by atoms with Crippen LogP contribution >= 0.6 is 0 Å². The molecule has 0 aliphatic rings. The molecule has 0 spiro atoms. The highest BCUT2D eigenvalue weighted by molar-refractivity contribution is 5.99. The summed E-state index contributed by atoms with van der Waals surface area (Å²) in [5, 5.41) is 14.7. The Morgan fingerprint density at radius 2 is 1.81 bits per heavy atom. The molecule has 0 saturated heterocycles. The molecular formula is C32H32FN9O. The summed E-state index contributed by atoms with van der Waals surface area (Å²) in [5.41, 5.74) is 7.77. The third kappa shape index (κ3) is 5.93. The summed E-state index contributed by atoms with van der Waals surface area (Å²) >= 11 is 0. The lowest BCUT2D eigenvalue weighted by Gasteiger charge is -2.12. The highest BCUT2D eigenvalue weighted by atomic mass is 19.1. The normalized spacial score (nSPS) is 11.6. The van der Waals surface area contributed by atoms with Gasteiger partial charge in [-0.2, -0.15) is 5.10 Å². The molecule has 0 fully saturated rings. The number of aromatic amines is 2. The Kier molecular flexibility index (Phi) is 7.56. The van der Waals surface area contributed by atoms with Crippen molar-refractivity contribution in [2.24, 2.45) is 5.92 Å². The summed E-state index contributed by atoms with van der Waals surface area (Å²) in [6, 6.07) is 14.4. The average molecular weight is 578 g/mol. The molecule has 0 atom stereocenters. The number of H-pyrrole nitrogens is 2. The third-order valence-electron chi connectivity index (χ3n) is 7.10. The van der Waals surface area contributed by atoms with Gasteiger partial charge in [0.25, 0.3) is 0 Å². The molecule has 0 radical (unpaired) electrons. The zero-order valence-electron chi connectivity index (χ0n) is 24.4. The van der Waals surface area contributed by atoms with E-state index in [1.807, 2.05) is 64.3 Å². The van der Waals surface area contributed by atoms with E-state index >= 15 is 0 Å². The third-order valence-corrected chi connectivity index (χ3v) is 7.10. The molecule has 0 saturated carbocycles. The Morgan fingerprint density at radius 1 is 0.977 bits per heavy atom. The van der Waals surface area contributed by atoms with Crippen molar-refractivity contribution in [1.82, 2.24) is 35.0 Å². The van der Waals surface area contributed by atoms with E-state index in [2.05, 4.69) is 40.7 Å². The molecule has 0 aliphatic heterocycles. The van der Waals surface area contributed by atoms with Crippen LogP contribution in [0.5, 0.6) is 0 Å². The molecule has 0 aliphatic carbocycles. The summed E-state index contributed by atoms with van der Waals surface area (Å²) in [7, 11) is 3.99. The standard InChI is InChI=1S/C32H32FN9O/c1-18(2)32(43)37-23-13-20(16-34-17-23)25-5-6-27-30(39-25)31(41-40-27)28-15-24-26(38-28)7-8-36-29(24)19-11-21(33)14-22(12-19)35-9-10-42(3)4/h5-8,11-18,35,38H,9-10H2,1-4H3,(H,37,43)(H,40,41). The van der Waals surface area contributed by atoms with Crippen molar-refractivity contribution in [3.8, 4) is 33.9 Å². The maximum Gasteiger partial charge on any atom is 0.226 e. The van der Waals surface area contributed by atoms with Gasteiger partial charge >= 0.3 is 0 Å². The first-order valence-corrected chi connectivity index (χ1v) is 14.0. The van der Waals surface area contributed by atoms with E-state index in [0.717, 1.165) is 34.2 Å².